The molecule has 0 aromatic carbocycles. The van der Waals surface area contributed by atoms with Crippen molar-refractivity contribution in [2.24, 2.45) is 0 Å². The van der Waals surface area contributed by atoms with Gasteiger partial charge in [0.2, 0.25) is 0 Å². The molecule has 1 unspecified atom stereocenters. The van der Waals surface area contributed by atoms with Crippen molar-refractivity contribution in [3.63, 3.8) is 0 Å². The molecule has 0 aliphatic carbocycles. The average molecular weight is 1150 g/mol. The van der Waals surface area contributed by atoms with Gasteiger partial charge in [0.15, 0.2) is 6.10 Å². The highest BCUT2D eigenvalue weighted by Gasteiger charge is 2.19. The van der Waals surface area contributed by atoms with E-state index in [1.807, 2.05) is 0 Å². The Bertz CT molecular complexity index is 1800. The van der Waals surface area contributed by atoms with Crippen LogP contribution < -0.4 is 0 Å². The molecule has 0 heterocycles. The number of hydrogen-bond donors (Lipinski definition) is 0. The lowest BCUT2D eigenvalue weighted by Gasteiger charge is -2.18. The van der Waals surface area contributed by atoms with Crippen LogP contribution in [-0.2, 0) is 28.6 Å². The van der Waals surface area contributed by atoms with Crippen LogP contribution in [0.1, 0.15) is 303 Å². The van der Waals surface area contributed by atoms with Gasteiger partial charge in [0.05, 0.1) is 0 Å². The average Bonchev–Trinajstić information content (AvgIpc) is 3.49. The molecular formula is C77H126O6. The Hall–Kier alpha value is -4.71. The van der Waals surface area contributed by atoms with E-state index in [0.29, 0.717) is 19.3 Å². The molecule has 83 heavy (non-hydrogen) atoms. The zero-order valence-corrected chi connectivity index (χ0v) is 53.9. The fourth-order valence-electron chi connectivity index (χ4n) is 9.18. The van der Waals surface area contributed by atoms with E-state index >= 15 is 0 Å². The van der Waals surface area contributed by atoms with Crippen molar-refractivity contribution in [3.8, 4) is 0 Å². The summed E-state index contributed by atoms with van der Waals surface area (Å²) in [6.07, 6.45) is 100.0. The van der Waals surface area contributed by atoms with Crippen LogP contribution in [-0.4, -0.2) is 37.2 Å². The summed E-state index contributed by atoms with van der Waals surface area (Å²) in [6, 6.07) is 0. The lowest BCUT2D eigenvalue weighted by atomic mass is 10.1. The van der Waals surface area contributed by atoms with Crippen molar-refractivity contribution in [1.82, 2.24) is 0 Å². The van der Waals surface area contributed by atoms with Gasteiger partial charge in [-0.25, -0.2) is 0 Å². The summed E-state index contributed by atoms with van der Waals surface area (Å²) in [6.45, 7) is 6.45. The SMILES string of the molecule is CC/C=C\C/C=C\C/C=C\C/C=C\C/C=C\C/C=C\C/C=C\CCCC(=O)OCC(COC(=O)CCCCCCCCCCC/C=C\C/C=C\CCCCC)OC(=O)CCCCCCCCCC/C=C\C/C=C\C/C=C\CCCCCCC. The maximum absolute atomic E-state index is 13.0. The topological polar surface area (TPSA) is 78.9 Å². The Balaban J connectivity index is 4.52. The number of rotatable bonds is 61. The van der Waals surface area contributed by atoms with Gasteiger partial charge in [0.1, 0.15) is 13.2 Å². The predicted molar refractivity (Wildman–Crippen MR) is 362 cm³/mol. The number of esters is 3. The molecule has 0 bridgehead atoms. The van der Waals surface area contributed by atoms with Gasteiger partial charge >= 0.3 is 17.9 Å². The maximum Gasteiger partial charge on any atom is 0.306 e. The summed E-state index contributed by atoms with van der Waals surface area (Å²) in [5.74, 6) is -0.975. The summed E-state index contributed by atoms with van der Waals surface area (Å²) in [5, 5.41) is 0. The molecule has 0 aromatic heterocycles. The number of allylic oxidation sites excluding steroid dienone is 24. The largest absolute Gasteiger partial charge is 0.462 e. The van der Waals surface area contributed by atoms with Gasteiger partial charge < -0.3 is 14.2 Å². The summed E-state index contributed by atoms with van der Waals surface area (Å²) < 4.78 is 16.9. The molecule has 1 atom stereocenters. The molecule has 0 amide bonds. The highest BCUT2D eigenvalue weighted by Crippen LogP contribution is 2.15. The zero-order valence-electron chi connectivity index (χ0n) is 53.9. The van der Waals surface area contributed by atoms with Crippen LogP contribution in [0.15, 0.2) is 146 Å². The van der Waals surface area contributed by atoms with E-state index in [4.69, 9.17) is 14.2 Å². The Morgan fingerprint density at radius 1 is 0.253 bits per heavy atom. The Kier molecular flexibility index (Phi) is 65.8. The van der Waals surface area contributed by atoms with Crippen LogP contribution in [0.5, 0.6) is 0 Å². The second kappa shape index (κ2) is 69.8. The third kappa shape index (κ3) is 68.0. The van der Waals surface area contributed by atoms with Crippen LogP contribution in [0.2, 0.25) is 0 Å². The fourth-order valence-corrected chi connectivity index (χ4v) is 9.18. The molecule has 0 aliphatic heterocycles. The highest BCUT2D eigenvalue weighted by atomic mass is 16.6. The van der Waals surface area contributed by atoms with Gasteiger partial charge in [-0.1, -0.05) is 289 Å². The van der Waals surface area contributed by atoms with Gasteiger partial charge in [-0.3, -0.25) is 14.4 Å². The van der Waals surface area contributed by atoms with Crippen LogP contribution in [0.25, 0.3) is 0 Å². The lowest BCUT2D eigenvalue weighted by molar-refractivity contribution is -0.167. The second-order valence-corrected chi connectivity index (χ2v) is 22.3. The first-order valence-electron chi connectivity index (χ1n) is 34.3. The third-order valence-electron chi connectivity index (χ3n) is 14.3. The smallest absolute Gasteiger partial charge is 0.306 e. The lowest BCUT2D eigenvalue weighted by Crippen LogP contribution is -2.30. The molecule has 0 aliphatic rings. The van der Waals surface area contributed by atoms with Gasteiger partial charge in [0, 0.05) is 19.3 Å². The highest BCUT2D eigenvalue weighted by molar-refractivity contribution is 5.71. The molecule has 470 valence electrons. The van der Waals surface area contributed by atoms with Crippen molar-refractivity contribution < 1.29 is 28.6 Å². The molecule has 0 N–H and O–H groups in total. The van der Waals surface area contributed by atoms with Gasteiger partial charge in [-0.15, -0.1) is 0 Å². The van der Waals surface area contributed by atoms with Crippen LogP contribution in [0.4, 0.5) is 0 Å². The third-order valence-corrected chi connectivity index (χ3v) is 14.3. The summed E-state index contributed by atoms with van der Waals surface area (Å²) >= 11 is 0. The van der Waals surface area contributed by atoms with E-state index in [9.17, 15) is 14.4 Å². The molecule has 0 fully saturated rings. The zero-order chi connectivity index (χ0) is 59.9. The van der Waals surface area contributed by atoms with E-state index in [1.165, 1.54) is 141 Å². The van der Waals surface area contributed by atoms with Gasteiger partial charge in [-0.2, -0.15) is 0 Å². The summed E-state index contributed by atoms with van der Waals surface area (Å²) in [5.41, 5.74) is 0. The quantitative estimate of drug-likeness (QED) is 0.0261. The Morgan fingerprint density at radius 3 is 0.807 bits per heavy atom. The molecule has 0 saturated heterocycles. The van der Waals surface area contributed by atoms with Crippen LogP contribution in [0.3, 0.4) is 0 Å². The minimum atomic E-state index is -0.816. The van der Waals surface area contributed by atoms with Crippen molar-refractivity contribution in [2.45, 2.75) is 309 Å². The second-order valence-electron chi connectivity index (χ2n) is 22.3. The van der Waals surface area contributed by atoms with E-state index in [-0.39, 0.29) is 37.5 Å². The summed E-state index contributed by atoms with van der Waals surface area (Å²) in [7, 11) is 0. The van der Waals surface area contributed by atoms with Gasteiger partial charge in [-0.05, 0) is 141 Å². The van der Waals surface area contributed by atoms with E-state index in [0.717, 1.165) is 116 Å². The first kappa shape index (κ1) is 78.3. The molecule has 0 radical (unpaired) electrons. The minimum Gasteiger partial charge on any atom is -0.462 e. The standard InChI is InChI=1S/C77H126O6/c1-4-7-10-13-16-19-22-25-28-31-34-36-38-40-43-46-49-52-55-58-61-64-67-70-76(79)82-73-74(72-81-75(78)69-66-63-60-57-54-51-48-45-42-33-30-27-24-21-18-15-12-9-6-3)83-77(80)71-68-65-62-59-56-53-50-47-44-41-39-37-35-32-29-26-23-20-17-14-11-8-5-2/h7,10,16,18-19,21,23,25-28,30,32,34-36,39-41,43,49,52,58,61,74H,4-6,8-9,11-15,17,20,22,24,29,31,33,37-38,42,44-48,50-51,53-57,59-60,62-73H2,1-3H3/b10-7-,19-16-,21-18-,26-23-,28-25-,30-27-,35-32-,36-34-,41-39-,43-40-,52-49-,61-58-. The maximum atomic E-state index is 13.0. The van der Waals surface area contributed by atoms with Crippen LogP contribution in [0, 0.1) is 0 Å². The van der Waals surface area contributed by atoms with Crippen molar-refractivity contribution in [2.75, 3.05) is 13.2 Å². The molecule has 0 saturated carbocycles. The van der Waals surface area contributed by atoms with E-state index in [2.05, 4.69) is 167 Å². The monoisotopic (exact) mass is 1150 g/mol. The first-order chi connectivity index (χ1) is 41.0. The molecule has 6 nitrogen and oxygen atoms in total. The number of ether oxygens (including phenoxy) is 3. The molecular weight excluding hydrogens is 1020 g/mol. The normalized spacial score (nSPS) is 13.0. The van der Waals surface area contributed by atoms with Crippen molar-refractivity contribution >= 4 is 17.9 Å². The number of unbranched alkanes of at least 4 members (excludes halogenated alkanes) is 26. The van der Waals surface area contributed by atoms with Gasteiger partial charge in [0.25, 0.3) is 0 Å². The molecule has 0 aromatic rings. The molecule has 0 rings (SSSR count). The molecule has 0 spiro atoms. The first-order valence-corrected chi connectivity index (χ1v) is 34.3. The Morgan fingerprint density at radius 2 is 0.482 bits per heavy atom. The number of hydrogen-bond acceptors (Lipinski definition) is 6. The number of carbonyl (C=O) groups is 3. The fraction of sp³-hybridized carbons (Fsp3) is 0.649. The van der Waals surface area contributed by atoms with E-state index in [1.54, 1.807) is 0 Å². The summed E-state index contributed by atoms with van der Waals surface area (Å²) in [4.78, 5) is 38.5. The molecule has 6 heteroatoms. The Labute approximate surface area is 512 Å². The minimum absolute atomic E-state index is 0.106. The van der Waals surface area contributed by atoms with E-state index < -0.39 is 6.10 Å². The van der Waals surface area contributed by atoms with Crippen LogP contribution >= 0.6 is 0 Å². The number of carbonyl (C=O) groups excluding carboxylic acids is 3. The van der Waals surface area contributed by atoms with Crippen molar-refractivity contribution in [1.29, 1.82) is 0 Å². The predicted octanol–water partition coefficient (Wildman–Crippen LogP) is 23.9. The van der Waals surface area contributed by atoms with Crippen molar-refractivity contribution in [3.05, 3.63) is 146 Å².